The highest BCUT2D eigenvalue weighted by Crippen LogP contribution is 2.11. The Bertz CT molecular complexity index is 194. The molecule has 0 aliphatic rings. The van der Waals surface area contributed by atoms with Crippen LogP contribution in [0.2, 0.25) is 0 Å². The van der Waals surface area contributed by atoms with Crippen molar-refractivity contribution in [3.8, 4) is 0 Å². The van der Waals surface area contributed by atoms with Crippen LogP contribution < -0.4 is 5.73 Å². The fourth-order valence-electron chi connectivity index (χ4n) is 1.64. The van der Waals surface area contributed by atoms with Crippen LogP contribution in [-0.2, 0) is 4.79 Å². The van der Waals surface area contributed by atoms with Crippen LogP contribution in [0.4, 0.5) is 0 Å². The lowest BCUT2D eigenvalue weighted by atomic mass is 10.1. The molecule has 0 heterocycles. The summed E-state index contributed by atoms with van der Waals surface area (Å²) >= 11 is 0. The molecule has 2 N–H and O–H groups in total. The predicted octanol–water partition coefficient (Wildman–Crippen LogP) is 2.40. The van der Waals surface area contributed by atoms with Crippen molar-refractivity contribution in [3.05, 3.63) is 0 Å². The Balaban J connectivity index is 4.31. The second-order valence-corrected chi connectivity index (χ2v) is 4.74. The van der Waals surface area contributed by atoms with Crippen molar-refractivity contribution in [2.45, 2.75) is 59.4 Å². The van der Waals surface area contributed by atoms with Gasteiger partial charge in [-0.2, -0.15) is 0 Å². The molecule has 0 radical (unpaired) electrons. The first-order valence-electron chi connectivity index (χ1n) is 6.56. The third-order valence-corrected chi connectivity index (χ3v) is 3.12. The van der Waals surface area contributed by atoms with E-state index in [1.54, 1.807) is 0 Å². The van der Waals surface area contributed by atoms with Crippen molar-refractivity contribution in [1.82, 2.24) is 4.90 Å². The third kappa shape index (κ3) is 5.50. The summed E-state index contributed by atoms with van der Waals surface area (Å²) in [7, 11) is 0. The van der Waals surface area contributed by atoms with E-state index in [9.17, 15) is 4.79 Å². The van der Waals surface area contributed by atoms with Gasteiger partial charge < -0.3 is 10.6 Å². The minimum atomic E-state index is 0.265. The van der Waals surface area contributed by atoms with Crippen LogP contribution in [0.1, 0.15) is 53.4 Å². The van der Waals surface area contributed by atoms with Gasteiger partial charge in [-0.05, 0) is 32.2 Å². The van der Waals surface area contributed by atoms with Crippen molar-refractivity contribution in [3.63, 3.8) is 0 Å². The van der Waals surface area contributed by atoms with Gasteiger partial charge in [-0.25, -0.2) is 0 Å². The zero-order valence-corrected chi connectivity index (χ0v) is 11.3. The molecule has 0 aliphatic heterocycles. The summed E-state index contributed by atoms with van der Waals surface area (Å²) in [5.74, 6) is 0.557. The van der Waals surface area contributed by atoms with E-state index < -0.39 is 0 Å². The van der Waals surface area contributed by atoms with Crippen LogP contribution in [-0.4, -0.2) is 29.9 Å². The molecule has 0 fully saturated rings. The summed E-state index contributed by atoms with van der Waals surface area (Å²) in [5, 5.41) is 0. The molecule has 0 aromatic carbocycles. The summed E-state index contributed by atoms with van der Waals surface area (Å²) in [6, 6.07) is 0.351. The number of nitrogens with zero attached hydrogens (tertiary/aromatic N) is 1. The summed E-state index contributed by atoms with van der Waals surface area (Å²) in [6.07, 6.45) is 3.83. The number of hydrogen-bond acceptors (Lipinski definition) is 2. The largest absolute Gasteiger partial charge is 0.340 e. The Morgan fingerprint density at radius 2 is 1.94 bits per heavy atom. The first-order valence-corrected chi connectivity index (χ1v) is 6.56. The summed E-state index contributed by atoms with van der Waals surface area (Å²) in [4.78, 5) is 14.1. The molecule has 16 heavy (non-hydrogen) atoms. The van der Waals surface area contributed by atoms with E-state index in [1.807, 2.05) is 11.8 Å². The molecule has 0 aromatic rings. The lowest BCUT2D eigenvalue weighted by molar-refractivity contribution is -0.134. The third-order valence-electron chi connectivity index (χ3n) is 3.12. The zero-order valence-electron chi connectivity index (χ0n) is 11.3. The highest BCUT2D eigenvalue weighted by atomic mass is 16.2. The van der Waals surface area contributed by atoms with E-state index in [1.165, 1.54) is 0 Å². The molecule has 0 aromatic heterocycles. The smallest absolute Gasteiger partial charge is 0.223 e. The molecule has 0 aliphatic carbocycles. The maximum atomic E-state index is 12.1. The van der Waals surface area contributed by atoms with E-state index in [-0.39, 0.29) is 5.91 Å². The molecular formula is C13H28N2O. The number of carbonyl (C=O) groups is 1. The van der Waals surface area contributed by atoms with Crippen molar-refractivity contribution in [1.29, 1.82) is 0 Å². The van der Waals surface area contributed by atoms with Gasteiger partial charge in [0, 0.05) is 19.0 Å². The molecule has 96 valence electrons. The van der Waals surface area contributed by atoms with Crippen molar-refractivity contribution in [2.24, 2.45) is 11.7 Å². The van der Waals surface area contributed by atoms with Crippen LogP contribution in [0, 0.1) is 5.92 Å². The van der Waals surface area contributed by atoms with Crippen molar-refractivity contribution < 1.29 is 4.79 Å². The Kier molecular flexibility index (Phi) is 8.26. The SMILES string of the molecule is CCCCN(C(=O)CC(C)CN)C(C)CC. The quantitative estimate of drug-likeness (QED) is 0.693. The molecule has 0 bridgehead atoms. The first-order chi connectivity index (χ1) is 7.56. The minimum absolute atomic E-state index is 0.265. The van der Waals surface area contributed by atoms with Crippen LogP contribution in [0.15, 0.2) is 0 Å². The Hall–Kier alpha value is -0.570. The molecule has 1 amide bonds. The van der Waals surface area contributed by atoms with Gasteiger partial charge in [0.2, 0.25) is 5.91 Å². The molecule has 0 saturated carbocycles. The second-order valence-electron chi connectivity index (χ2n) is 4.74. The zero-order chi connectivity index (χ0) is 12.6. The van der Waals surface area contributed by atoms with E-state index >= 15 is 0 Å². The average Bonchev–Trinajstić information content (AvgIpc) is 2.28. The molecule has 0 saturated heterocycles. The average molecular weight is 228 g/mol. The van der Waals surface area contributed by atoms with Gasteiger partial charge in [-0.15, -0.1) is 0 Å². The van der Waals surface area contributed by atoms with Gasteiger partial charge in [0.15, 0.2) is 0 Å². The second kappa shape index (κ2) is 8.57. The molecule has 3 heteroatoms. The molecular weight excluding hydrogens is 200 g/mol. The van der Waals surface area contributed by atoms with Crippen LogP contribution in [0.5, 0.6) is 0 Å². The summed E-state index contributed by atoms with van der Waals surface area (Å²) in [5.41, 5.74) is 5.56. The monoisotopic (exact) mass is 228 g/mol. The van der Waals surface area contributed by atoms with E-state index in [4.69, 9.17) is 5.73 Å². The van der Waals surface area contributed by atoms with Gasteiger partial charge in [0.25, 0.3) is 0 Å². The van der Waals surface area contributed by atoms with Crippen molar-refractivity contribution in [2.75, 3.05) is 13.1 Å². The van der Waals surface area contributed by atoms with Gasteiger partial charge >= 0.3 is 0 Å². The number of nitrogens with two attached hydrogens (primary N) is 1. The minimum Gasteiger partial charge on any atom is -0.340 e. The van der Waals surface area contributed by atoms with E-state index in [2.05, 4.69) is 20.8 Å². The van der Waals surface area contributed by atoms with Crippen LogP contribution in [0.3, 0.4) is 0 Å². The fourth-order valence-corrected chi connectivity index (χ4v) is 1.64. The van der Waals surface area contributed by atoms with Gasteiger partial charge in [-0.1, -0.05) is 27.2 Å². The van der Waals surface area contributed by atoms with Gasteiger partial charge in [0.1, 0.15) is 0 Å². The maximum absolute atomic E-state index is 12.1. The Morgan fingerprint density at radius 3 is 2.38 bits per heavy atom. The number of rotatable bonds is 8. The molecule has 0 spiro atoms. The molecule has 0 rings (SSSR count). The van der Waals surface area contributed by atoms with Gasteiger partial charge in [0.05, 0.1) is 0 Å². The lowest BCUT2D eigenvalue weighted by Gasteiger charge is -2.29. The molecule has 2 atom stereocenters. The topological polar surface area (TPSA) is 46.3 Å². The van der Waals surface area contributed by atoms with Crippen LogP contribution in [0.25, 0.3) is 0 Å². The number of carbonyl (C=O) groups excluding carboxylic acids is 1. The lowest BCUT2D eigenvalue weighted by Crippen LogP contribution is -2.40. The van der Waals surface area contributed by atoms with Crippen molar-refractivity contribution >= 4 is 5.91 Å². The Morgan fingerprint density at radius 1 is 1.31 bits per heavy atom. The summed E-state index contributed by atoms with van der Waals surface area (Å²) < 4.78 is 0. The number of unbranched alkanes of at least 4 members (excludes halogenated alkanes) is 1. The standard InChI is InChI=1S/C13H28N2O/c1-5-7-8-15(12(4)6-2)13(16)9-11(3)10-14/h11-12H,5-10,14H2,1-4H3. The fraction of sp³-hybridized carbons (Fsp3) is 0.923. The Labute approximate surface area is 100 Å². The highest BCUT2D eigenvalue weighted by Gasteiger charge is 2.19. The first kappa shape index (κ1) is 15.4. The number of hydrogen-bond donors (Lipinski definition) is 1. The normalized spacial score (nSPS) is 14.6. The van der Waals surface area contributed by atoms with Crippen LogP contribution >= 0.6 is 0 Å². The predicted molar refractivity (Wildman–Crippen MR) is 69.2 cm³/mol. The summed E-state index contributed by atoms with van der Waals surface area (Å²) in [6.45, 7) is 9.92. The highest BCUT2D eigenvalue weighted by molar-refractivity contribution is 5.76. The van der Waals surface area contributed by atoms with Gasteiger partial charge in [-0.3, -0.25) is 4.79 Å². The molecule has 3 nitrogen and oxygen atoms in total. The maximum Gasteiger partial charge on any atom is 0.223 e. The van der Waals surface area contributed by atoms with E-state index in [0.717, 1.165) is 25.8 Å². The number of amides is 1. The van der Waals surface area contributed by atoms with E-state index in [0.29, 0.717) is 24.9 Å². The molecule has 2 unspecified atom stereocenters.